The molecule has 0 aliphatic rings. The molecule has 0 saturated carbocycles. The van der Waals surface area contributed by atoms with E-state index in [1.165, 1.54) is 23.1 Å². The number of ether oxygens (including phenoxy) is 1. The molecule has 2 aromatic carbocycles. The van der Waals surface area contributed by atoms with Gasteiger partial charge in [-0.2, -0.15) is 0 Å². The maximum Gasteiger partial charge on any atom is 0.311 e. The molecule has 0 unspecified atom stereocenters. The highest BCUT2D eigenvalue weighted by molar-refractivity contribution is 5.93. The number of nitro benzene ring substituents is 1. The van der Waals surface area contributed by atoms with Crippen LogP contribution in [0.5, 0.6) is 11.5 Å². The summed E-state index contributed by atoms with van der Waals surface area (Å²) in [4.78, 5) is 23.7. The van der Waals surface area contributed by atoms with Crippen LogP contribution in [0.1, 0.15) is 15.9 Å². The molecular formula is C16H16N2O5. The molecule has 0 spiro atoms. The summed E-state index contributed by atoms with van der Waals surface area (Å²) < 4.78 is 5.53. The van der Waals surface area contributed by atoms with Gasteiger partial charge in [0.2, 0.25) is 5.75 Å². The molecule has 2 aromatic rings. The van der Waals surface area contributed by atoms with Crippen LogP contribution in [0.25, 0.3) is 0 Å². The first-order valence-corrected chi connectivity index (χ1v) is 6.80. The average molecular weight is 316 g/mol. The average Bonchev–Trinajstić information content (AvgIpc) is 2.54. The Labute approximate surface area is 132 Å². The van der Waals surface area contributed by atoms with Gasteiger partial charge in [0, 0.05) is 25.7 Å². The van der Waals surface area contributed by atoms with E-state index in [0.29, 0.717) is 16.9 Å². The zero-order chi connectivity index (χ0) is 17.0. The van der Waals surface area contributed by atoms with E-state index in [4.69, 9.17) is 9.84 Å². The van der Waals surface area contributed by atoms with E-state index in [0.717, 1.165) is 0 Å². The molecule has 0 heterocycles. The van der Waals surface area contributed by atoms with Crippen molar-refractivity contribution in [2.24, 2.45) is 0 Å². The van der Waals surface area contributed by atoms with Crippen molar-refractivity contribution in [1.29, 1.82) is 0 Å². The molecule has 2 rings (SSSR count). The van der Waals surface area contributed by atoms with Gasteiger partial charge >= 0.3 is 5.69 Å². The molecule has 0 aromatic heterocycles. The minimum Gasteiger partial charge on any atom is -0.450 e. The van der Waals surface area contributed by atoms with Crippen molar-refractivity contribution >= 4 is 11.6 Å². The Morgan fingerprint density at radius 3 is 2.39 bits per heavy atom. The fraction of sp³-hybridized carbons (Fsp3) is 0.188. The summed E-state index contributed by atoms with van der Waals surface area (Å²) in [7, 11) is 3.30. The van der Waals surface area contributed by atoms with E-state index in [-0.39, 0.29) is 24.0 Å². The monoisotopic (exact) mass is 316 g/mol. The van der Waals surface area contributed by atoms with Crippen LogP contribution >= 0.6 is 0 Å². The number of carbonyl (C=O) groups excluding carboxylic acids is 1. The van der Waals surface area contributed by atoms with Gasteiger partial charge in [-0.05, 0) is 42.0 Å². The molecule has 0 saturated heterocycles. The summed E-state index contributed by atoms with van der Waals surface area (Å²) in [5.41, 5.74) is 0.793. The van der Waals surface area contributed by atoms with Crippen LogP contribution in [0.2, 0.25) is 0 Å². The summed E-state index contributed by atoms with van der Waals surface area (Å²) in [5.74, 6) is 0.247. The number of carbonyl (C=O) groups is 1. The van der Waals surface area contributed by atoms with Crippen molar-refractivity contribution in [2.45, 2.75) is 6.61 Å². The Morgan fingerprint density at radius 2 is 1.87 bits per heavy atom. The Balaban J connectivity index is 2.28. The number of aliphatic hydroxyl groups is 1. The van der Waals surface area contributed by atoms with Crippen molar-refractivity contribution in [3.8, 4) is 11.5 Å². The van der Waals surface area contributed by atoms with E-state index in [2.05, 4.69) is 0 Å². The van der Waals surface area contributed by atoms with Gasteiger partial charge in [-0.3, -0.25) is 14.9 Å². The minimum atomic E-state index is -0.555. The Bertz CT molecular complexity index is 726. The van der Waals surface area contributed by atoms with E-state index in [1.807, 2.05) is 0 Å². The lowest BCUT2D eigenvalue weighted by Gasteiger charge is -2.11. The second-order valence-corrected chi connectivity index (χ2v) is 5.04. The molecule has 0 radical (unpaired) electrons. The van der Waals surface area contributed by atoms with E-state index in [1.54, 1.807) is 38.4 Å². The topological polar surface area (TPSA) is 92.9 Å². The number of nitro groups is 1. The zero-order valence-electron chi connectivity index (χ0n) is 12.7. The van der Waals surface area contributed by atoms with Gasteiger partial charge in [0.15, 0.2) is 0 Å². The van der Waals surface area contributed by atoms with Crippen molar-refractivity contribution in [2.75, 3.05) is 14.1 Å². The molecular weight excluding hydrogens is 300 g/mol. The molecule has 1 amide bonds. The van der Waals surface area contributed by atoms with Gasteiger partial charge < -0.3 is 14.7 Å². The number of benzene rings is 2. The first-order chi connectivity index (χ1) is 10.9. The summed E-state index contributed by atoms with van der Waals surface area (Å²) in [5, 5.41) is 20.2. The van der Waals surface area contributed by atoms with Crippen LogP contribution in [-0.4, -0.2) is 34.9 Å². The zero-order valence-corrected chi connectivity index (χ0v) is 12.7. The van der Waals surface area contributed by atoms with Crippen LogP contribution in [0.3, 0.4) is 0 Å². The lowest BCUT2D eigenvalue weighted by atomic mass is 10.2. The summed E-state index contributed by atoms with van der Waals surface area (Å²) in [6.07, 6.45) is 0. The largest absolute Gasteiger partial charge is 0.450 e. The van der Waals surface area contributed by atoms with Crippen LogP contribution < -0.4 is 4.74 Å². The summed E-state index contributed by atoms with van der Waals surface area (Å²) in [6.45, 7) is -0.245. The van der Waals surface area contributed by atoms with E-state index < -0.39 is 4.92 Å². The number of rotatable bonds is 5. The third-order valence-corrected chi connectivity index (χ3v) is 3.14. The number of hydrogen-bond donors (Lipinski definition) is 1. The van der Waals surface area contributed by atoms with Gasteiger partial charge in [0.1, 0.15) is 5.75 Å². The standard InChI is InChI=1S/C16H16N2O5/c1-17(2)16(20)12-4-6-13(7-5-12)23-15-9-11(10-19)3-8-14(15)18(21)22/h3-9,19H,10H2,1-2H3. The van der Waals surface area contributed by atoms with Gasteiger partial charge in [-0.25, -0.2) is 0 Å². The van der Waals surface area contributed by atoms with Crippen molar-refractivity contribution < 1.29 is 19.6 Å². The van der Waals surface area contributed by atoms with Crippen LogP contribution in [0.4, 0.5) is 5.69 Å². The van der Waals surface area contributed by atoms with Crippen molar-refractivity contribution in [3.63, 3.8) is 0 Å². The van der Waals surface area contributed by atoms with Gasteiger partial charge in [0.05, 0.1) is 11.5 Å². The van der Waals surface area contributed by atoms with E-state index >= 15 is 0 Å². The predicted octanol–water partition coefficient (Wildman–Crippen LogP) is 2.58. The van der Waals surface area contributed by atoms with Gasteiger partial charge in [-0.15, -0.1) is 0 Å². The lowest BCUT2D eigenvalue weighted by Crippen LogP contribution is -2.21. The Morgan fingerprint density at radius 1 is 1.22 bits per heavy atom. The SMILES string of the molecule is CN(C)C(=O)c1ccc(Oc2cc(CO)ccc2[N+](=O)[O-])cc1. The fourth-order valence-electron chi connectivity index (χ4n) is 1.94. The predicted molar refractivity (Wildman–Crippen MR) is 83.6 cm³/mol. The fourth-order valence-corrected chi connectivity index (χ4v) is 1.94. The molecule has 23 heavy (non-hydrogen) atoms. The summed E-state index contributed by atoms with van der Waals surface area (Å²) >= 11 is 0. The van der Waals surface area contributed by atoms with Crippen LogP contribution in [-0.2, 0) is 6.61 Å². The first-order valence-electron chi connectivity index (χ1n) is 6.80. The minimum absolute atomic E-state index is 0.0354. The number of amides is 1. The van der Waals surface area contributed by atoms with Crippen molar-refractivity contribution in [3.05, 3.63) is 63.7 Å². The third kappa shape index (κ3) is 3.83. The van der Waals surface area contributed by atoms with Gasteiger partial charge in [0.25, 0.3) is 5.91 Å². The maximum atomic E-state index is 11.8. The normalized spacial score (nSPS) is 10.2. The Hall–Kier alpha value is -2.93. The summed E-state index contributed by atoms with van der Waals surface area (Å²) in [6, 6.07) is 10.4. The third-order valence-electron chi connectivity index (χ3n) is 3.14. The highest BCUT2D eigenvalue weighted by atomic mass is 16.6. The van der Waals surface area contributed by atoms with Crippen LogP contribution in [0.15, 0.2) is 42.5 Å². The number of aliphatic hydroxyl groups excluding tert-OH is 1. The molecule has 120 valence electrons. The second kappa shape index (κ2) is 6.89. The highest BCUT2D eigenvalue weighted by Gasteiger charge is 2.16. The molecule has 1 N–H and O–H groups in total. The highest BCUT2D eigenvalue weighted by Crippen LogP contribution is 2.32. The molecule has 0 aliphatic carbocycles. The second-order valence-electron chi connectivity index (χ2n) is 5.04. The maximum absolute atomic E-state index is 11.8. The molecule has 0 bridgehead atoms. The molecule has 0 fully saturated rings. The first kappa shape index (κ1) is 16.4. The van der Waals surface area contributed by atoms with Gasteiger partial charge in [-0.1, -0.05) is 0 Å². The number of nitrogens with zero attached hydrogens (tertiary/aromatic N) is 2. The Kier molecular flexibility index (Phi) is 4.92. The number of hydrogen-bond acceptors (Lipinski definition) is 5. The molecule has 0 atom stereocenters. The smallest absolute Gasteiger partial charge is 0.311 e. The lowest BCUT2D eigenvalue weighted by molar-refractivity contribution is -0.385. The van der Waals surface area contributed by atoms with Crippen LogP contribution in [0, 0.1) is 10.1 Å². The van der Waals surface area contributed by atoms with Crippen molar-refractivity contribution in [1.82, 2.24) is 4.90 Å². The van der Waals surface area contributed by atoms with E-state index in [9.17, 15) is 14.9 Å². The molecule has 7 nitrogen and oxygen atoms in total. The molecule has 7 heteroatoms. The molecule has 0 aliphatic heterocycles. The quantitative estimate of drug-likeness (QED) is 0.676.